The summed E-state index contributed by atoms with van der Waals surface area (Å²) in [5, 5.41) is 18.4. The molecule has 0 aliphatic heterocycles. The fourth-order valence-corrected chi connectivity index (χ4v) is 3.47. The molecule has 2 aromatic carbocycles. The molecular weight excluding hydrogens is 400 g/mol. The van der Waals surface area contributed by atoms with Gasteiger partial charge in [-0.05, 0) is 41.8 Å². The summed E-state index contributed by atoms with van der Waals surface area (Å²) < 4.78 is 0. The van der Waals surface area contributed by atoms with E-state index in [0.717, 1.165) is 27.9 Å². The third-order valence-corrected chi connectivity index (χ3v) is 5.22. The Morgan fingerprint density at radius 3 is 2.47 bits per heavy atom. The summed E-state index contributed by atoms with van der Waals surface area (Å²) in [5.74, 6) is -0.329. The second-order valence-electron chi connectivity index (χ2n) is 6.80. The van der Waals surface area contributed by atoms with Crippen molar-refractivity contribution in [2.75, 3.05) is 30.8 Å². The van der Waals surface area contributed by atoms with Crippen molar-refractivity contribution in [2.45, 2.75) is 13.5 Å². The molecule has 0 aliphatic carbocycles. The molecule has 0 radical (unpaired) electrons. The van der Waals surface area contributed by atoms with Crippen molar-refractivity contribution in [3.8, 4) is 11.1 Å². The maximum atomic E-state index is 12.7. The lowest BCUT2D eigenvalue weighted by atomic mass is 9.98. The summed E-state index contributed by atoms with van der Waals surface area (Å²) in [6, 6.07) is 15.1. The highest BCUT2D eigenvalue weighted by molar-refractivity contribution is 6.36. The van der Waals surface area contributed by atoms with E-state index in [9.17, 15) is 4.79 Å². The van der Waals surface area contributed by atoms with Crippen LogP contribution >= 0.6 is 11.6 Å². The summed E-state index contributed by atoms with van der Waals surface area (Å²) in [6.07, 6.45) is 1.64. The van der Waals surface area contributed by atoms with Gasteiger partial charge in [0, 0.05) is 37.6 Å². The number of aromatic nitrogens is 1. The van der Waals surface area contributed by atoms with Crippen molar-refractivity contribution < 1.29 is 9.90 Å². The van der Waals surface area contributed by atoms with E-state index in [1.807, 2.05) is 50.4 Å². The number of hydrogen-bond acceptors (Lipinski definition) is 5. The van der Waals surface area contributed by atoms with Crippen molar-refractivity contribution in [2.24, 2.45) is 0 Å². The predicted molar refractivity (Wildman–Crippen MR) is 122 cm³/mol. The zero-order chi connectivity index (χ0) is 21.5. The van der Waals surface area contributed by atoms with E-state index >= 15 is 0 Å². The van der Waals surface area contributed by atoms with Crippen LogP contribution in [0, 0.1) is 6.92 Å². The maximum Gasteiger partial charge on any atom is 0.274 e. The smallest absolute Gasteiger partial charge is 0.274 e. The lowest BCUT2D eigenvalue weighted by molar-refractivity contribution is 0.102. The van der Waals surface area contributed by atoms with E-state index in [2.05, 4.69) is 20.9 Å². The van der Waals surface area contributed by atoms with E-state index in [1.54, 1.807) is 18.3 Å². The Bertz CT molecular complexity index is 1020. The number of rotatable bonds is 8. The lowest BCUT2D eigenvalue weighted by Crippen LogP contribution is -2.18. The number of aliphatic hydroxyl groups is 1. The predicted octanol–water partition coefficient (Wildman–Crippen LogP) is 4.09. The first kappa shape index (κ1) is 21.8. The molecule has 0 fully saturated rings. The van der Waals surface area contributed by atoms with E-state index in [1.165, 1.54) is 0 Å². The van der Waals surface area contributed by atoms with Crippen molar-refractivity contribution in [3.05, 3.63) is 76.6 Å². The molecule has 3 aromatic rings. The number of hydrogen-bond donors (Lipinski definition) is 4. The van der Waals surface area contributed by atoms with Crippen LogP contribution in [0.1, 0.15) is 21.6 Å². The Kier molecular flexibility index (Phi) is 7.41. The quantitative estimate of drug-likeness (QED) is 0.409. The van der Waals surface area contributed by atoms with Crippen LogP contribution in [0.4, 0.5) is 11.4 Å². The molecule has 0 atom stereocenters. The molecule has 1 heterocycles. The Hall–Kier alpha value is -2.93. The molecule has 0 aliphatic rings. The summed E-state index contributed by atoms with van der Waals surface area (Å²) in [4.78, 5) is 16.9. The van der Waals surface area contributed by atoms with Crippen molar-refractivity contribution >= 4 is 28.9 Å². The number of halogens is 1. The number of benzene rings is 2. The summed E-state index contributed by atoms with van der Waals surface area (Å²) in [5.41, 5.74) is 5.72. The molecule has 4 N–H and O–H groups in total. The fraction of sp³-hybridized carbons (Fsp3) is 0.217. The number of amides is 1. The first-order valence-corrected chi connectivity index (χ1v) is 10.1. The summed E-state index contributed by atoms with van der Waals surface area (Å²) in [6.45, 7) is 3.19. The van der Waals surface area contributed by atoms with Gasteiger partial charge in [0.1, 0.15) is 5.69 Å². The van der Waals surface area contributed by atoms with Gasteiger partial charge < -0.3 is 21.1 Å². The molecule has 0 saturated heterocycles. The zero-order valence-electron chi connectivity index (χ0n) is 17.0. The van der Waals surface area contributed by atoms with Crippen LogP contribution in [-0.2, 0) is 6.54 Å². The number of pyridine rings is 1. The van der Waals surface area contributed by atoms with E-state index < -0.39 is 0 Å². The van der Waals surface area contributed by atoms with Crippen LogP contribution in [0.25, 0.3) is 11.1 Å². The minimum atomic E-state index is -0.329. The van der Waals surface area contributed by atoms with Gasteiger partial charge in [0.05, 0.1) is 17.3 Å². The molecule has 1 aromatic heterocycles. The number of nitrogens with one attached hydrogen (secondary N) is 3. The average Bonchev–Trinajstić information content (AvgIpc) is 2.76. The minimum Gasteiger partial charge on any atom is -0.395 e. The Morgan fingerprint density at radius 1 is 1.07 bits per heavy atom. The zero-order valence-corrected chi connectivity index (χ0v) is 17.8. The Balaban J connectivity index is 1.79. The Morgan fingerprint density at radius 2 is 1.80 bits per heavy atom. The van der Waals surface area contributed by atoms with Crippen LogP contribution in [0.3, 0.4) is 0 Å². The molecule has 0 spiro atoms. The average molecular weight is 425 g/mol. The molecule has 0 unspecified atom stereocenters. The van der Waals surface area contributed by atoms with Gasteiger partial charge >= 0.3 is 0 Å². The van der Waals surface area contributed by atoms with E-state index in [4.69, 9.17) is 16.7 Å². The van der Waals surface area contributed by atoms with Crippen molar-refractivity contribution in [1.82, 2.24) is 10.3 Å². The van der Waals surface area contributed by atoms with Gasteiger partial charge in [-0.1, -0.05) is 41.9 Å². The topological polar surface area (TPSA) is 86.3 Å². The van der Waals surface area contributed by atoms with Crippen LogP contribution in [0.5, 0.6) is 0 Å². The van der Waals surface area contributed by atoms with Gasteiger partial charge in [0.25, 0.3) is 5.91 Å². The molecule has 156 valence electrons. The highest BCUT2D eigenvalue weighted by atomic mass is 35.5. The Labute approximate surface area is 181 Å². The molecule has 0 bridgehead atoms. The van der Waals surface area contributed by atoms with Crippen LogP contribution < -0.4 is 16.0 Å². The molecular formula is C23H25ClN4O2. The van der Waals surface area contributed by atoms with Gasteiger partial charge in [-0.3, -0.25) is 9.78 Å². The number of aliphatic hydroxyl groups excluding tert-OH is 1. The number of carbonyl (C=O) groups excluding carboxylic acids is 1. The second-order valence-corrected chi connectivity index (χ2v) is 7.18. The maximum absolute atomic E-state index is 12.7. The highest BCUT2D eigenvalue weighted by Gasteiger charge is 2.15. The molecule has 30 heavy (non-hydrogen) atoms. The third-order valence-electron chi connectivity index (χ3n) is 4.82. The number of nitrogens with zero attached hydrogens (tertiary/aromatic N) is 1. The van der Waals surface area contributed by atoms with Crippen molar-refractivity contribution in [3.63, 3.8) is 0 Å². The van der Waals surface area contributed by atoms with E-state index in [0.29, 0.717) is 29.5 Å². The molecule has 1 amide bonds. The van der Waals surface area contributed by atoms with Crippen molar-refractivity contribution in [1.29, 1.82) is 0 Å². The number of anilines is 2. The van der Waals surface area contributed by atoms with Gasteiger partial charge in [-0.25, -0.2) is 0 Å². The van der Waals surface area contributed by atoms with Crippen LogP contribution in [0.15, 0.2) is 54.7 Å². The van der Waals surface area contributed by atoms with Gasteiger partial charge in [-0.15, -0.1) is 0 Å². The van der Waals surface area contributed by atoms with Crippen LogP contribution in [0.2, 0.25) is 5.02 Å². The molecule has 6 nitrogen and oxygen atoms in total. The second kappa shape index (κ2) is 10.2. The normalized spacial score (nSPS) is 10.7. The molecule has 3 rings (SSSR count). The standard InChI is InChI=1S/C23H25ClN4O2/c1-15-17(5-3-7-19(15)25-2)18-6-4-8-20(22(18)24)28-23(30)21-10-9-16(14-27-21)13-26-11-12-29/h3-10,14,25-26,29H,11-13H2,1-2H3,(H,28,30). The largest absolute Gasteiger partial charge is 0.395 e. The first-order valence-electron chi connectivity index (χ1n) is 9.69. The SMILES string of the molecule is CNc1cccc(-c2cccc(NC(=O)c3ccc(CNCCO)cn3)c2Cl)c1C. The summed E-state index contributed by atoms with van der Waals surface area (Å²) >= 11 is 6.65. The summed E-state index contributed by atoms with van der Waals surface area (Å²) in [7, 11) is 1.88. The molecule has 7 heteroatoms. The van der Waals surface area contributed by atoms with Gasteiger partial charge in [0.2, 0.25) is 0 Å². The first-order chi connectivity index (χ1) is 14.5. The van der Waals surface area contributed by atoms with E-state index in [-0.39, 0.29) is 12.5 Å². The van der Waals surface area contributed by atoms with Gasteiger partial charge in [-0.2, -0.15) is 0 Å². The lowest BCUT2D eigenvalue weighted by Gasteiger charge is -2.15. The monoisotopic (exact) mass is 424 g/mol. The molecule has 0 saturated carbocycles. The fourth-order valence-electron chi connectivity index (χ4n) is 3.20. The third kappa shape index (κ3) is 4.97. The minimum absolute atomic E-state index is 0.0759. The van der Waals surface area contributed by atoms with Gasteiger partial charge in [0.15, 0.2) is 0 Å². The van der Waals surface area contributed by atoms with Crippen LogP contribution in [-0.4, -0.2) is 36.2 Å². The highest BCUT2D eigenvalue weighted by Crippen LogP contribution is 2.37. The number of carbonyl (C=O) groups is 1.